The highest BCUT2D eigenvalue weighted by atomic mass is 19.4. The van der Waals surface area contributed by atoms with Crippen LogP contribution in [0.15, 0.2) is 18.2 Å². The standard InChI is InChI=1S/C11H9F5N2/c12-9-1-2-10(13)7(3-9)5-18-6-8(4-17)11(14,15)16/h1-3,8,18H,5-6H2. The van der Waals surface area contributed by atoms with Crippen molar-refractivity contribution in [2.45, 2.75) is 12.7 Å². The molecule has 7 heteroatoms. The fourth-order valence-electron chi connectivity index (χ4n) is 1.26. The van der Waals surface area contributed by atoms with Gasteiger partial charge in [-0.1, -0.05) is 0 Å². The lowest BCUT2D eigenvalue weighted by atomic mass is 10.1. The van der Waals surface area contributed by atoms with E-state index in [2.05, 4.69) is 5.32 Å². The van der Waals surface area contributed by atoms with E-state index >= 15 is 0 Å². The fourth-order valence-corrected chi connectivity index (χ4v) is 1.26. The average Bonchev–Trinajstić information content (AvgIpc) is 2.27. The molecule has 0 aliphatic carbocycles. The van der Waals surface area contributed by atoms with Gasteiger partial charge in [0.15, 0.2) is 5.92 Å². The minimum atomic E-state index is -4.64. The number of benzene rings is 1. The van der Waals surface area contributed by atoms with Crippen molar-refractivity contribution >= 4 is 0 Å². The van der Waals surface area contributed by atoms with Gasteiger partial charge in [-0.25, -0.2) is 8.78 Å². The summed E-state index contributed by atoms with van der Waals surface area (Å²) in [7, 11) is 0. The van der Waals surface area contributed by atoms with Gasteiger partial charge in [-0.3, -0.25) is 0 Å². The quantitative estimate of drug-likeness (QED) is 0.849. The highest BCUT2D eigenvalue weighted by Gasteiger charge is 2.39. The number of hydrogen-bond acceptors (Lipinski definition) is 2. The van der Waals surface area contributed by atoms with Crippen molar-refractivity contribution in [3.63, 3.8) is 0 Å². The SMILES string of the molecule is N#CC(CNCc1cc(F)ccc1F)C(F)(F)F. The van der Waals surface area contributed by atoms with E-state index in [1.165, 1.54) is 0 Å². The Bertz CT molecular complexity index is 450. The number of halogens is 5. The molecule has 1 unspecified atom stereocenters. The van der Waals surface area contributed by atoms with Gasteiger partial charge in [-0.05, 0) is 18.2 Å². The van der Waals surface area contributed by atoms with Gasteiger partial charge < -0.3 is 5.32 Å². The highest BCUT2D eigenvalue weighted by molar-refractivity contribution is 5.18. The van der Waals surface area contributed by atoms with Crippen LogP contribution in [0.1, 0.15) is 5.56 Å². The maximum atomic E-state index is 13.1. The lowest BCUT2D eigenvalue weighted by Crippen LogP contribution is -2.32. The molecule has 98 valence electrons. The van der Waals surface area contributed by atoms with Gasteiger partial charge in [-0.15, -0.1) is 0 Å². The first-order chi connectivity index (χ1) is 8.34. The number of alkyl halides is 3. The molecule has 1 aromatic carbocycles. The fraction of sp³-hybridized carbons (Fsp3) is 0.364. The minimum absolute atomic E-state index is 0.0890. The van der Waals surface area contributed by atoms with Crippen molar-refractivity contribution in [2.75, 3.05) is 6.54 Å². The topological polar surface area (TPSA) is 35.8 Å². The van der Waals surface area contributed by atoms with Gasteiger partial charge in [-0.2, -0.15) is 18.4 Å². The average molecular weight is 264 g/mol. The Morgan fingerprint density at radius 2 is 1.94 bits per heavy atom. The van der Waals surface area contributed by atoms with E-state index in [9.17, 15) is 22.0 Å². The normalized spacial score (nSPS) is 13.1. The first-order valence-corrected chi connectivity index (χ1v) is 4.95. The first-order valence-electron chi connectivity index (χ1n) is 4.95. The van der Waals surface area contributed by atoms with Crippen LogP contribution < -0.4 is 5.32 Å². The molecule has 1 rings (SSSR count). The zero-order valence-electron chi connectivity index (χ0n) is 9.06. The Morgan fingerprint density at radius 3 is 2.50 bits per heavy atom. The molecule has 0 aliphatic heterocycles. The third-order valence-corrected chi connectivity index (χ3v) is 2.22. The molecule has 1 atom stereocenters. The maximum Gasteiger partial charge on any atom is 0.405 e. The molecule has 2 nitrogen and oxygen atoms in total. The molecular weight excluding hydrogens is 255 g/mol. The Kier molecular flexibility index (Phi) is 4.62. The monoisotopic (exact) mass is 264 g/mol. The molecule has 0 bridgehead atoms. The van der Waals surface area contributed by atoms with Crippen LogP contribution in [0.3, 0.4) is 0 Å². The zero-order valence-corrected chi connectivity index (χ0v) is 9.06. The summed E-state index contributed by atoms with van der Waals surface area (Å²) in [5.74, 6) is -3.57. The zero-order chi connectivity index (χ0) is 13.8. The van der Waals surface area contributed by atoms with Crippen molar-refractivity contribution < 1.29 is 22.0 Å². The van der Waals surface area contributed by atoms with Gasteiger partial charge in [0.1, 0.15) is 11.6 Å². The summed E-state index contributed by atoms with van der Waals surface area (Å²) >= 11 is 0. The lowest BCUT2D eigenvalue weighted by Gasteiger charge is -2.14. The second-order valence-corrected chi connectivity index (χ2v) is 3.59. The van der Waals surface area contributed by atoms with Gasteiger partial charge >= 0.3 is 6.18 Å². The van der Waals surface area contributed by atoms with E-state index in [1.807, 2.05) is 0 Å². The van der Waals surface area contributed by atoms with E-state index in [1.54, 1.807) is 0 Å². The summed E-state index contributed by atoms with van der Waals surface area (Å²) in [4.78, 5) is 0. The smallest absolute Gasteiger partial charge is 0.311 e. The van der Waals surface area contributed by atoms with Crippen LogP contribution in [0, 0.1) is 28.9 Å². The van der Waals surface area contributed by atoms with Gasteiger partial charge in [0, 0.05) is 18.7 Å². The Morgan fingerprint density at radius 1 is 1.28 bits per heavy atom. The second-order valence-electron chi connectivity index (χ2n) is 3.59. The summed E-state index contributed by atoms with van der Waals surface area (Å²) in [5, 5.41) is 10.6. The van der Waals surface area contributed by atoms with E-state index in [-0.39, 0.29) is 12.1 Å². The maximum absolute atomic E-state index is 13.1. The number of hydrogen-bond donors (Lipinski definition) is 1. The molecule has 0 saturated carbocycles. The molecule has 0 heterocycles. The van der Waals surface area contributed by atoms with E-state index < -0.39 is 30.3 Å². The number of rotatable bonds is 4. The molecule has 0 saturated heterocycles. The lowest BCUT2D eigenvalue weighted by molar-refractivity contribution is -0.157. The molecule has 0 aliphatic rings. The molecule has 0 fully saturated rings. The van der Waals surface area contributed by atoms with Crippen LogP contribution in [0.2, 0.25) is 0 Å². The molecule has 1 N–H and O–H groups in total. The van der Waals surface area contributed by atoms with Crippen LogP contribution >= 0.6 is 0 Å². The third-order valence-electron chi connectivity index (χ3n) is 2.22. The van der Waals surface area contributed by atoms with Crippen LogP contribution in [0.4, 0.5) is 22.0 Å². The van der Waals surface area contributed by atoms with E-state index in [0.29, 0.717) is 0 Å². The summed E-state index contributed by atoms with van der Waals surface area (Å²) in [6, 6.07) is 3.78. The van der Waals surface area contributed by atoms with Crippen LogP contribution in [-0.2, 0) is 6.54 Å². The largest absolute Gasteiger partial charge is 0.405 e. The molecule has 0 aromatic heterocycles. The van der Waals surface area contributed by atoms with Gasteiger partial charge in [0.2, 0.25) is 0 Å². The number of nitrogens with zero attached hydrogens (tertiary/aromatic N) is 1. The molecule has 0 spiro atoms. The molecule has 1 aromatic rings. The second kappa shape index (κ2) is 5.78. The minimum Gasteiger partial charge on any atom is -0.311 e. The number of nitrogens with one attached hydrogen (secondary N) is 1. The van der Waals surface area contributed by atoms with E-state index in [4.69, 9.17) is 5.26 Å². The van der Waals surface area contributed by atoms with Gasteiger partial charge in [0.05, 0.1) is 6.07 Å². The van der Waals surface area contributed by atoms with Crippen molar-refractivity contribution in [1.29, 1.82) is 5.26 Å². The Hall–Kier alpha value is -1.68. The van der Waals surface area contributed by atoms with Crippen molar-refractivity contribution in [1.82, 2.24) is 5.32 Å². The molecule has 0 amide bonds. The summed E-state index contributed by atoms with van der Waals surface area (Å²) in [6.07, 6.45) is -4.64. The van der Waals surface area contributed by atoms with Crippen LogP contribution in [0.5, 0.6) is 0 Å². The molecule has 18 heavy (non-hydrogen) atoms. The number of nitriles is 1. The summed E-state index contributed by atoms with van der Waals surface area (Å²) < 4.78 is 62.5. The molecular formula is C11H9F5N2. The predicted molar refractivity (Wildman–Crippen MR) is 53.2 cm³/mol. The van der Waals surface area contributed by atoms with Crippen LogP contribution in [-0.4, -0.2) is 12.7 Å². The summed E-state index contributed by atoms with van der Waals surface area (Å²) in [6.45, 7) is -0.951. The van der Waals surface area contributed by atoms with Gasteiger partial charge in [0.25, 0.3) is 0 Å². The highest BCUT2D eigenvalue weighted by Crippen LogP contribution is 2.25. The van der Waals surface area contributed by atoms with Crippen molar-refractivity contribution in [2.24, 2.45) is 5.92 Å². The van der Waals surface area contributed by atoms with E-state index in [0.717, 1.165) is 24.3 Å². The van der Waals surface area contributed by atoms with Crippen molar-refractivity contribution in [3.8, 4) is 6.07 Å². The Balaban J connectivity index is 2.56. The predicted octanol–water partition coefficient (Wildman–Crippen LogP) is 2.76. The van der Waals surface area contributed by atoms with Crippen LogP contribution in [0.25, 0.3) is 0 Å². The van der Waals surface area contributed by atoms with Crippen molar-refractivity contribution in [3.05, 3.63) is 35.4 Å². The molecule has 0 radical (unpaired) electrons. The summed E-state index contributed by atoms with van der Waals surface area (Å²) in [5.41, 5.74) is -0.0890. The Labute approximate surface area is 100 Å². The third kappa shape index (κ3) is 3.96. The first kappa shape index (κ1) is 14.4.